The van der Waals surface area contributed by atoms with Crippen LogP contribution in [0.1, 0.15) is 84.0 Å². The molecule has 1 N–H and O–H groups in total. The summed E-state index contributed by atoms with van der Waals surface area (Å²) in [6.07, 6.45) is 14.9. The number of unbranched alkanes of at least 4 members (excludes halogenated alkanes) is 10. The quantitative estimate of drug-likeness (QED) is 0.302. The summed E-state index contributed by atoms with van der Waals surface area (Å²) in [6.45, 7) is 3.01. The van der Waals surface area contributed by atoms with E-state index >= 15 is 0 Å². The largest absolute Gasteiger partial charge is 0.466 e. The fraction of sp³-hybridized carbons (Fsp3) is 0.944. The summed E-state index contributed by atoms with van der Waals surface area (Å²) in [5.41, 5.74) is 0. The van der Waals surface area contributed by atoms with Crippen molar-refractivity contribution in [3.05, 3.63) is 0 Å². The third-order valence-electron chi connectivity index (χ3n) is 3.70. The zero-order valence-electron chi connectivity index (χ0n) is 14.5. The number of aliphatic hydroxyl groups is 1. The van der Waals surface area contributed by atoms with E-state index in [2.05, 4.69) is 6.92 Å². The first kappa shape index (κ1) is 21.8. The summed E-state index contributed by atoms with van der Waals surface area (Å²) in [6, 6.07) is 0. The Morgan fingerprint density at radius 1 is 0.864 bits per heavy atom. The molecular weight excluding hydrogens is 296 g/mol. The standard InChI is InChI=1S/C18H36O3S/c1-2-3-4-5-6-7-8-9-10-11-12-15-21-18(20)13-16-22-17-14-19/h19H,2-17H2,1H3. The third-order valence-corrected chi connectivity index (χ3v) is 4.66. The predicted molar refractivity (Wildman–Crippen MR) is 96.4 cm³/mol. The lowest BCUT2D eigenvalue weighted by Crippen LogP contribution is -2.07. The Morgan fingerprint density at radius 2 is 1.41 bits per heavy atom. The van der Waals surface area contributed by atoms with Gasteiger partial charge in [0.25, 0.3) is 0 Å². The summed E-state index contributed by atoms with van der Waals surface area (Å²) in [7, 11) is 0. The lowest BCUT2D eigenvalue weighted by Gasteiger charge is -2.05. The van der Waals surface area contributed by atoms with E-state index in [4.69, 9.17) is 9.84 Å². The monoisotopic (exact) mass is 332 g/mol. The maximum absolute atomic E-state index is 11.4. The average Bonchev–Trinajstić information content (AvgIpc) is 2.52. The lowest BCUT2D eigenvalue weighted by molar-refractivity contribution is -0.143. The highest BCUT2D eigenvalue weighted by atomic mass is 32.2. The van der Waals surface area contributed by atoms with Gasteiger partial charge in [-0.25, -0.2) is 0 Å². The van der Waals surface area contributed by atoms with Crippen molar-refractivity contribution in [2.24, 2.45) is 0 Å². The van der Waals surface area contributed by atoms with Crippen LogP contribution in [0.3, 0.4) is 0 Å². The van der Waals surface area contributed by atoms with Crippen LogP contribution in [0.4, 0.5) is 0 Å². The van der Waals surface area contributed by atoms with Crippen LogP contribution in [0, 0.1) is 0 Å². The van der Waals surface area contributed by atoms with Crippen molar-refractivity contribution >= 4 is 17.7 Å². The molecule has 0 fully saturated rings. The van der Waals surface area contributed by atoms with E-state index in [1.165, 1.54) is 64.2 Å². The molecule has 0 saturated heterocycles. The van der Waals surface area contributed by atoms with Crippen molar-refractivity contribution in [1.29, 1.82) is 0 Å². The molecule has 4 heteroatoms. The van der Waals surface area contributed by atoms with Crippen LogP contribution in [-0.2, 0) is 9.53 Å². The molecule has 0 aromatic rings. The van der Waals surface area contributed by atoms with Crippen LogP contribution < -0.4 is 0 Å². The molecule has 132 valence electrons. The Hall–Kier alpha value is -0.220. The number of ether oxygens (including phenoxy) is 1. The van der Waals surface area contributed by atoms with Gasteiger partial charge < -0.3 is 9.84 Å². The summed E-state index contributed by atoms with van der Waals surface area (Å²) >= 11 is 1.59. The zero-order chi connectivity index (χ0) is 16.3. The third kappa shape index (κ3) is 17.8. The molecule has 0 unspecified atom stereocenters. The van der Waals surface area contributed by atoms with Crippen molar-refractivity contribution in [3.63, 3.8) is 0 Å². The molecule has 22 heavy (non-hydrogen) atoms. The van der Waals surface area contributed by atoms with Gasteiger partial charge in [-0.05, 0) is 6.42 Å². The van der Waals surface area contributed by atoms with Gasteiger partial charge in [0.1, 0.15) is 0 Å². The van der Waals surface area contributed by atoms with Gasteiger partial charge in [-0.3, -0.25) is 4.79 Å². The summed E-state index contributed by atoms with van der Waals surface area (Å²) in [4.78, 5) is 11.4. The molecule has 0 aliphatic carbocycles. The van der Waals surface area contributed by atoms with E-state index in [1.807, 2.05) is 0 Å². The average molecular weight is 333 g/mol. The lowest BCUT2D eigenvalue weighted by atomic mass is 10.1. The van der Waals surface area contributed by atoms with Crippen LogP contribution in [0.5, 0.6) is 0 Å². The van der Waals surface area contributed by atoms with Crippen LogP contribution >= 0.6 is 11.8 Å². The molecule has 0 rings (SSSR count). The number of thioether (sulfide) groups is 1. The normalized spacial score (nSPS) is 10.8. The van der Waals surface area contributed by atoms with Crippen LogP contribution in [-0.4, -0.2) is 35.8 Å². The van der Waals surface area contributed by atoms with E-state index in [9.17, 15) is 4.79 Å². The van der Waals surface area contributed by atoms with E-state index in [0.29, 0.717) is 18.8 Å². The second-order valence-electron chi connectivity index (χ2n) is 5.84. The predicted octanol–water partition coefficient (Wildman–Crippen LogP) is 4.96. The van der Waals surface area contributed by atoms with Crippen molar-refractivity contribution in [2.75, 3.05) is 24.7 Å². The molecule has 0 aromatic heterocycles. The summed E-state index contributed by atoms with van der Waals surface area (Å²) < 4.78 is 5.19. The highest BCUT2D eigenvalue weighted by Crippen LogP contribution is 2.11. The number of hydrogen-bond donors (Lipinski definition) is 1. The Kier molecular flexibility index (Phi) is 18.6. The molecule has 0 heterocycles. The molecule has 0 aliphatic heterocycles. The topological polar surface area (TPSA) is 46.5 Å². The number of rotatable bonds is 17. The van der Waals surface area contributed by atoms with Crippen molar-refractivity contribution in [2.45, 2.75) is 84.0 Å². The fourth-order valence-corrected chi connectivity index (χ4v) is 2.99. The first-order valence-corrected chi connectivity index (χ1v) is 10.3. The minimum atomic E-state index is -0.0995. The molecule has 0 bridgehead atoms. The van der Waals surface area contributed by atoms with Gasteiger partial charge in [-0.15, -0.1) is 0 Å². The number of carbonyl (C=O) groups is 1. The van der Waals surface area contributed by atoms with Gasteiger partial charge in [0.2, 0.25) is 0 Å². The highest BCUT2D eigenvalue weighted by Gasteiger charge is 2.02. The zero-order valence-corrected chi connectivity index (χ0v) is 15.3. The van der Waals surface area contributed by atoms with Gasteiger partial charge >= 0.3 is 5.97 Å². The Morgan fingerprint density at radius 3 is 1.95 bits per heavy atom. The van der Waals surface area contributed by atoms with E-state index in [0.717, 1.165) is 12.2 Å². The molecule has 0 spiro atoms. The Labute approximate surface area is 141 Å². The van der Waals surface area contributed by atoms with E-state index in [1.54, 1.807) is 11.8 Å². The Bertz CT molecular complexity index is 234. The second kappa shape index (κ2) is 18.8. The van der Waals surface area contributed by atoms with Crippen molar-refractivity contribution < 1.29 is 14.6 Å². The first-order valence-electron chi connectivity index (χ1n) is 9.15. The van der Waals surface area contributed by atoms with Gasteiger partial charge in [0, 0.05) is 11.5 Å². The maximum atomic E-state index is 11.4. The molecule has 0 amide bonds. The minimum Gasteiger partial charge on any atom is -0.466 e. The summed E-state index contributed by atoms with van der Waals surface area (Å²) in [5, 5.41) is 8.62. The highest BCUT2D eigenvalue weighted by molar-refractivity contribution is 7.99. The molecule has 0 atom stereocenters. The molecule has 0 radical (unpaired) electrons. The van der Waals surface area contributed by atoms with Crippen LogP contribution in [0.15, 0.2) is 0 Å². The molecule has 0 aliphatic rings. The minimum absolute atomic E-state index is 0.0995. The Balaban J connectivity index is 3.08. The first-order chi connectivity index (χ1) is 10.8. The molecule has 0 aromatic carbocycles. The number of esters is 1. The smallest absolute Gasteiger partial charge is 0.306 e. The van der Waals surface area contributed by atoms with E-state index < -0.39 is 0 Å². The van der Waals surface area contributed by atoms with Gasteiger partial charge in [-0.2, -0.15) is 11.8 Å². The number of aliphatic hydroxyl groups excluding tert-OH is 1. The van der Waals surface area contributed by atoms with Gasteiger partial charge in [0.15, 0.2) is 0 Å². The van der Waals surface area contributed by atoms with Crippen LogP contribution in [0.25, 0.3) is 0 Å². The van der Waals surface area contributed by atoms with Crippen molar-refractivity contribution in [3.8, 4) is 0 Å². The van der Waals surface area contributed by atoms with E-state index in [-0.39, 0.29) is 12.6 Å². The number of carbonyl (C=O) groups excluding carboxylic acids is 1. The van der Waals surface area contributed by atoms with Gasteiger partial charge in [0.05, 0.1) is 19.6 Å². The maximum Gasteiger partial charge on any atom is 0.306 e. The summed E-state index contributed by atoms with van der Waals surface area (Å²) in [5.74, 6) is 1.35. The van der Waals surface area contributed by atoms with Gasteiger partial charge in [-0.1, -0.05) is 71.1 Å². The SMILES string of the molecule is CCCCCCCCCCCCCOC(=O)CCSCCO. The second-order valence-corrected chi connectivity index (χ2v) is 7.07. The molecule has 3 nitrogen and oxygen atoms in total. The van der Waals surface area contributed by atoms with Crippen LogP contribution in [0.2, 0.25) is 0 Å². The van der Waals surface area contributed by atoms with Crippen molar-refractivity contribution in [1.82, 2.24) is 0 Å². The fourth-order valence-electron chi connectivity index (χ4n) is 2.35. The number of hydrogen-bond acceptors (Lipinski definition) is 4. The molecular formula is C18H36O3S. The molecule has 0 saturated carbocycles.